The molecule has 1 aromatic rings. The van der Waals surface area contributed by atoms with E-state index in [0.717, 1.165) is 12.0 Å². The average molecular weight is 310 g/mol. The highest BCUT2D eigenvalue weighted by Crippen LogP contribution is 2.38. The Morgan fingerprint density at radius 2 is 2.10 bits per heavy atom. The average Bonchev–Trinajstić information content (AvgIpc) is 3.16. The standard InChI is InChI=1S/C16H20ClNO3/c1-16(2,8-10-4-3-5-11(17)6-10)9-18-14(19)12-7-13(12)15(20)21/h3-6,12-13H,7-9H2,1-2H3,(H,18,19)(H,20,21). The van der Waals surface area contributed by atoms with E-state index in [0.29, 0.717) is 18.0 Å². The van der Waals surface area contributed by atoms with E-state index in [1.54, 1.807) is 0 Å². The van der Waals surface area contributed by atoms with Gasteiger partial charge in [0.25, 0.3) is 0 Å². The predicted octanol–water partition coefficient (Wildman–Crippen LogP) is 2.75. The molecular formula is C16H20ClNO3. The highest BCUT2D eigenvalue weighted by Gasteiger charge is 2.48. The Balaban J connectivity index is 1.84. The molecule has 1 fully saturated rings. The van der Waals surface area contributed by atoms with Gasteiger partial charge in [-0.25, -0.2) is 0 Å². The monoisotopic (exact) mass is 309 g/mol. The van der Waals surface area contributed by atoms with Crippen LogP contribution in [-0.4, -0.2) is 23.5 Å². The summed E-state index contributed by atoms with van der Waals surface area (Å²) in [6, 6.07) is 7.68. The minimum atomic E-state index is -0.881. The van der Waals surface area contributed by atoms with Gasteiger partial charge in [0.1, 0.15) is 0 Å². The van der Waals surface area contributed by atoms with Gasteiger partial charge in [-0.2, -0.15) is 0 Å². The van der Waals surface area contributed by atoms with Gasteiger partial charge in [0.05, 0.1) is 11.8 Å². The van der Waals surface area contributed by atoms with Crippen LogP contribution in [0.3, 0.4) is 0 Å². The number of amides is 1. The summed E-state index contributed by atoms with van der Waals surface area (Å²) in [6.45, 7) is 4.65. The SMILES string of the molecule is CC(C)(CNC(=O)C1CC1C(=O)O)Cc1cccc(Cl)c1. The summed E-state index contributed by atoms with van der Waals surface area (Å²) < 4.78 is 0. The van der Waals surface area contributed by atoms with Crippen LogP contribution < -0.4 is 5.32 Å². The lowest BCUT2D eigenvalue weighted by molar-refractivity contribution is -0.140. The van der Waals surface area contributed by atoms with E-state index in [1.807, 2.05) is 24.3 Å². The van der Waals surface area contributed by atoms with E-state index < -0.39 is 11.9 Å². The number of carbonyl (C=O) groups is 2. The molecule has 1 aromatic carbocycles. The Bertz CT molecular complexity index is 556. The first-order valence-corrected chi connectivity index (χ1v) is 7.41. The maximum Gasteiger partial charge on any atom is 0.307 e. The largest absolute Gasteiger partial charge is 0.481 e. The molecule has 0 spiro atoms. The van der Waals surface area contributed by atoms with Crippen LogP contribution in [0.5, 0.6) is 0 Å². The van der Waals surface area contributed by atoms with Crippen molar-refractivity contribution in [1.82, 2.24) is 5.32 Å². The lowest BCUT2D eigenvalue weighted by Gasteiger charge is -2.25. The zero-order chi connectivity index (χ0) is 15.6. The van der Waals surface area contributed by atoms with Crippen LogP contribution in [0.25, 0.3) is 0 Å². The number of hydrogen-bond acceptors (Lipinski definition) is 2. The molecule has 2 rings (SSSR count). The number of hydrogen-bond donors (Lipinski definition) is 2. The topological polar surface area (TPSA) is 66.4 Å². The second-order valence-corrected chi connectivity index (χ2v) is 6.91. The molecule has 1 amide bonds. The van der Waals surface area contributed by atoms with Crippen LogP contribution in [0.2, 0.25) is 5.02 Å². The number of carboxylic acid groups (broad SMARTS) is 1. The van der Waals surface area contributed by atoms with Gasteiger partial charge in [-0.1, -0.05) is 37.6 Å². The number of aliphatic carboxylic acids is 1. The highest BCUT2D eigenvalue weighted by atomic mass is 35.5. The molecule has 0 heterocycles. The third-order valence-corrected chi connectivity index (χ3v) is 3.99. The van der Waals surface area contributed by atoms with Crippen LogP contribution >= 0.6 is 11.6 Å². The molecule has 2 unspecified atom stereocenters. The number of benzene rings is 1. The van der Waals surface area contributed by atoms with E-state index >= 15 is 0 Å². The number of carboxylic acids is 1. The molecule has 5 heteroatoms. The van der Waals surface area contributed by atoms with Crippen LogP contribution in [0.15, 0.2) is 24.3 Å². The predicted molar refractivity (Wildman–Crippen MR) is 81.2 cm³/mol. The Morgan fingerprint density at radius 1 is 1.38 bits per heavy atom. The van der Waals surface area contributed by atoms with E-state index in [2.05, 4.69) is 19.2 Å². The van der Waals surface area contributed by atoms with Gasteiger partial charge in [0, 0.05) is 11.6 Å². The first-order valence-electron chi connectivity index (χ1n) is 7.03. The van der Waals surface area contributed by atoms with Crippen molar-refractivity contribution in [3.05, 3.63) is 34.9 Å². The normalized spacial score (nSPS) is 20.9. The zero-order valence-electron chi connectivity index (χ0n) is 12.2. The lowest BCUT2D eigenvalue weighted by Crippen LogP contribution is -2.36. The van der Waals surface area contributed by atoms with Crippen molar-refractivity contribution < 1.29 is 14.7 Å². The molecule has 2 atom stereocenters. The third-order valence-electron chi connectivity index (χ3n) is 3.76. The smallest absolute Gasteiger partial charge is 0.307 e. The Morgan fingerprint density at radius 3 is 2.67 bits per heavy atom. The number of nitrogens with one attached hydrogen (secondary N) is 1. The number of carbonyl (C=O) groups excluding carboxylic acids is 1. The summed E-state index contributed by atoms with van der Waals surface area (Å²) in [5, 5.41) is 12.4. The molecule has 114 valence electrons. The van der Waals surface area contributed by atoms with E-state index in [-0.39, 0.29) is 17.2 Å². The number of halogens is 1. The highest BCUT2D eigenvalue weighted by molar-refractivity contribution is 6.30. The Kier molecular flexibility index (Phi) is 4.57. The Labute approximate surface area is 129 Å². The molecule has 0 bridgehead atoms. The van der Waals surface area contributed by atoms with Gasteiger partial charge >= 0.3 is 5.97 Å². The van der Waals surface area contributed by atoms with Crippen molar-refractivity contribution in [2.75, 3.05) is 6.54 Å². The zero-order valence-corrected chi connectivity index (χ0v) is 13.0. The van der Waals surface area contributed by atoms with Crippen molar-refractivity contribution in [1.29, 1.82) is 0 Å². The molecule has 4 nitrogen and oxygen atoms in total. The van der Waals surface area contributed by atoms with Crippen LogP contribution in [0.4, 0.5) is 0 Å². The summed E-state index contributed by atoms with van der Waals surface area (Å²) in [7, 11) is 0. The van der Waals surface area contributed by atoms with Crippen LogP contribution in [0.1, 0.15) is 25.8 Å². The Hall–Kier alpha value is -1.55. The van der Waals surface area contributed by atoms with Crippen LogP contribution in [-0.2, 0) is 16.0 Å². The lowest BCUT2D eigenvalue weighted by atomic mass is 9.85. The van der Waals surface area contributed by atoms with Crippen molar-refractivity contribution in [2.45, 2.75) is 26.7 Å². The first-order chi connectivity index (χ1) is 9.78. The molecule has 0 aromatic heterocycles. The quantitative estimate of drug-likeness (QED) is 0.849. The van der Waals surface area contributed by atoms with E-state index in [1.165, 1.54) is 0 Å². The molecule has 1 aliphatic rings. The summed E-state index contributed by atoms with van der Waals surface area (Å²) in [4.78, 5) is 22.6. The van der Waals surface area contributed by atoms with Gasteiger partial charge in [-0.3, -0.25) is 9.59 Å². The van der Waals surface area contributed by atoms with Gasteiger partial charge in [-0.05, 0) is 36.0 Å². The van der Waals surface area contributed by atoms with E-state index in [9.17, 15) is 9.59 Å². The maximum absolute atomic E-state index is 11.9. The minimum Gasteiger partial charge on any atom is -0.481 e. The fourth-order valence-corrected chi connectivity index (χ4v) is 2.69. The van der Waals surface area contributed by atoms with E-state index in [4.69, 9.17) is 16.7 Å². The minimum absolute atomic E-state index is 0.117. The maximum atomic E-state index is 11.9. The van der Waals surface area contributed by atoms with Crippen molar-refractivity contribution in [3.63, 3.8) is 0 Å². The molecule has 0 saturated heterocycles. The van der Waals surface area contributed by atoms with Gasteiger partial charge in [-0.15, -0.1) is 0 Å². The first kappa shape index (κ1) is 15.8. The molecule has 1 aliphatic carbocycles. The summed E-state index contributed by atoms with van der Waals surface area (Å²) in [6.07, 6.45) is 1.25. The molecule has 21 heavy (non-hydrogen) atoms. The molecule has 1 saturated carbocycles. The van der Waals surface area contributed by atoms with Crippen molar-refractivity contribution in [3.8, 4) is 0 Å². The fourth-order valence-electron chi connectivity index (χ4n) is 2.48. The summed E-state index contributed by atoms with van der Waals surface area (Å²) >= 11 is 5.97. The molecule has 2 N–H and O–H groups in total. The molecular weight excluding hydrogens is 290 g/mol. The fraction of sp³-hybridized carbons (Fsp3) is 0.500. The molecule has 0 radical (unpaired) electrons. The summed E-state index contributed by atoms with van der Waals surface area (Å²) in [5.41, 5.74) is 1.00. The number of rotatable bonds is 6. The second-order valence-electron chi connectivity index (χ2n) is 6.48. The van der Waals surface area contributed by atoms with Crippen LogP contribution in [0, 0.1) is 17.3 Å². The third kappa shape index (κ3) is 4.46. The van der Waals surface area contributed by atoms with Gasteiger partial charge in [0.2, 0.25) is 5.91 Å². The second kappa shape index (κ2) is 6.06. The van der Waals surface area contributed by atoms with Gasteiger partial charge in [0.15, 0.2) is 0 Å². The van der Waals surface area contributed by atoms with Crippen molar-refractivity contribution >= 4 is 23.5 Å². The van der Waals surface area contributed by atoms with Gasteiger partial charge < -0.3 is 10.4 Å². The summed E-state index contributed by atoms with van der Waals surface area (Å²) in [5.74, 6) is -1.89. The molecule has 0 aliphatic heterocycles. The van der Waals surface area contributed by atoms with Crippen molar-refractivity contribution in [2.24, 2.45) is 17.3 Å².